The lowest BCUT2D eigenvalue weighted by molar-refractivity contribution is 1.10. The van der Waals surface area contributed by atoms with Gasteiger partial charge in [0.2, 0.25) is 0 Å². The number of hydrogen-bond acceptors (Lipinski definition) is 4. The van der Waals surface area contributed by atoms with Crippen LogP contribution in [-0.4, -0.2) is 30.1 Å². The monoisotopic (exact) mass is 296 g/mol. The predicted molar refractivity (Wildman–Crippen MR) is 79.7 cm³/mol. The Kier molecular flexibility index (Phi) is 2.68. The van der Waals surface area contributed by atoms with E-state index in [1.54, 1.807) is 12.5 Å². The van der Waals surface area contributed by atoms with Crippen molar-refractivity contribution in [3.63, 3.8) is 0 Å². The molecule has 102 valence electrons. The van der Waals surface area contributed by atoms with E-state index in [-0.39, 0.29) is 0 Å². The molecule has 7 heteroatoms. The molecule has 6 nitrogen and oxygen atoms in total. The lowest BCUT2D eigenvalue weighted by Gasteiger charge is -2.03. The molecule has 2 N–H and O–H groups in total. The molecule has 0 aliphatic rings. The number of benzene rings is 1. The quantitative estimate of drug-likeness (QED) is 0.595. The zero-order valence-corrected chi connectivity index (χ0v) is 11.5. The molecular weight excluding hydrogens is 288 g/mol. The molecule has 21 heavy (non-hydrogen) atoms. The van der Waals surface area contributed by atoms with Crippen LogP contribution >= 0.6 is 11.6 Å². The second kappa shape index (κ2) is 4.68. The fraction of sp³-hybridized carbons (Fsp3) is 0. The summed E-state index contributed by atoms with van der Waals surface area (Å²) in [5, 5.41) is 7.89. The van der Waals surface area contributed by atoms with Gasteiger partial charge in [0.1, 0.15) is 23.2 Å². The number of rotatable bonds is 2. The van der Waals surface area contributed by atoms with E-state index in [2.05, 4.69) is 30.1 Å². The zero-order chi connectivity index (χ0) is 14.2. The van der Waals surface area contributed by atoms with Crippen LogP contribution in [0.2, 0.25) is 5.02 Å². The van der Waals surface area contributed by atoms with Crippen LogP contribution in [0.25, 0.3) is 33.7 Å². The van der Waals surface area contributed by atoms with Crippen LogP contribution in [-0.2, 0) is 0 Å². The maximum absolute atomic E-state index is 5.93. The second-order valence-corrected chi connectivity index (χ2v) is 4.91. The first-order valence-electron chi connectivity index (χ1n) is 6.27. The molecule has 0 aliphatic carbocycles. The standard InChI is InChI=1S/C14H9ClN6/c15-9-3-1-8(2-4-9)11-10(5-20-21-11)12-13-14(18-6-16-12)19-7-17-13/h1-7H,(H,20,21)(H,16,17,18,19). The number of halogens is 1. The second-order valence-electron chi connectivity index (χ2n) is 4.48. The molecule has 0 atom stereocenters. The average molecular weight is 297 g/mol. The molecule has 4 aromatic rings. The Morgan fingerprint density at radius 2 is 1.81 bits per heavy atom. The first-order chi connectivity index (χ1) is 10.3. The number of fused-ring (bicyclic) bond motifs is 1. The molecule has 0 aliphatic heterocycles. The summed E-state index contributed by atoms with van der Waals surface area (Å²) in [4.78, 5) is 15.8. The van der Waals surface area contributed by atoms with Gasteiger partial charge in [0.25, 0.3) is 0 Å². The summed E-state index contributed by atoms with van der Waals surface area (Å²) in [7, 11) is 0. The van der Waals surface area contributed by atoms with Crippen LogP contribution < -0.4 is 0 Å². The fourth-order valence-electron chi connectivity index (χ4n) is 2.26. The van der Waals surface area contributed by atoms with Gasteiger partial charge in [0, 0.05) is 22.3 Å². The maximum atomic E-state index is 5.93. The van der Waals surface area contributed by atoms with E-state index in [9.17, 15) is 0 Å². The molecule has 0 unspecified atom stereocenters. The van der Waals surface area contributed by atoms with E-state index in [0.29, 0.717) is 16.2 Å². The number of nitrogens with zero attached hydrogens (tertiary/aromatic N) is 4. The summed E-state index contributed by atoms with van der Waals surface area (Å²) in [6, 6.07) is 7.51. The highest BCUT2D eigenvalue weighted by Gasteiger charge is 2.16. The van der Waals surface area contributed by atoms with E-state index < -0.39 is 0 Å². The number of aromatic amines is 2. The van der Waals surface area contributed by atoms with Crippen molar-refractivity contribution in [2.45, 2.75) is 0 Å². The van der Waals surface area contributed by atoms with Crippen LogP contribution in [0.4, 0.5) is 0 Å². The third-order valence-electron chi connectivity index (χ3n) is 3.23. The fourth-order valence-corrected chi connectivity index (χ4v) is 2.39. The molecule has 0 amide bonds. The van der Waals surface area contributed by atoms with Crippen LogP contribution in [0.15, 0.2) is 43.1 Å². The minimum Gasteiger partial charge on any atom is -0.329 e. The highest BCUT2D eigenvalue weighted by Crippen LogP contribution is 2.31. The van der Waals surface area contributed by atoms with Crippen molar-refractivity contribution in [2.75, 3.05) is 0 Å². The summed E-state index contributed by atoms with van der Waals surface area (Å²) in [5.74, 6) is 0. The summed E-state index contributed by atoms with van der Waals surface area (Å²) in [6.45, 7) is 0. The first-order valence-corrected chi connectivity index (χ1v) is 6.65. The Hall–Kier alpha value is -2.73. The van der Waals surface area contributed by atoms with Crippen molar-refractivity contribution in [1.82, 2.24) is 30.1 Å². The molecule has 0 saturated carbocycles. The molecule has 1 aromatic carbocycles. The Labute approximate surface area is 124 Å². The van der Waals surface area contributed by atoms with Crippen molar-refractivity contribution in [2.24, 2.45) is 0 Å². The van der Waals surface area contributed by atoms with Crippen LogP contribution in [0.1, 0.15) is 0 Å². The van der Waals surface area contributed by atoms with Gasteiger partial charge in [0.15, 0.2) is 5.65 Å². The van der Waals surface area contributed by atoms with Crippen molar-refractivity contribution >= 4 is 22.8 Å². The molecule has 3 heterocycles. The molecule has 0 saturated heterocycles. The van der Waals surface area contributed by atoms with E-state index in [1.807, 2.05) is 24.3 Å². The summed E-state index contributed by atoms with van der Waals surface area (Å²) in [5.41, 5.74) is 4.78. The van der Waals surface area contributed by atoms with Crippen molar-refractivity contribution in [3.8, 4) is 22.5 Å². The summed E-state index contributed by atoms with van der Waals surface area (Å²) in [6.07, 6.45) is 4.92. The summed E-state index contributed by atoms with van der Waals surface area (Å²) >= 11 is 5.93. The van der Waals surface area contributed by atoms with Gasteiger partial charge in [-0.15, -0.1) is 0 Å². The number of H-pyrrole nitrogens is 2. The van der Waals surface area contributed by atoms with Gasteiger partial charge >= 0.3 is 0 Å². The minimum absolute atomic E-state index is 0.688. The molecule has 0 fully saturated rings. The van der Waals surface area contributed by atoms with Crippen molar-refractivity contribution in [1.29, 1.82) is 0 Å². The van der Waals surface area contributed by atoms with Gasteiger partial charge < -0.3 is 4.98 Å². The SMILES string of the molecule is Clc1ccc(-c2n[nH]cc2-c2ncnc3[nH]cnc23)cc1. The zero-order valence-electron chi connectivity index (χ0n) is 10.7. The molecule has 0 bridgehead atoms. The van der Waals surface area contributed by atoms with E-state index >= 15 is 0 Å². The van der Waals surface area contributed by atoms with Gasteiger partial charge in [0.05, 0.1) is 6.33 Å². The van der Waals surface area contributed by atoms with Gasteiger partial charge in [-0.2, -0.15) is 5.10 Å². The molecule has 0 spiro atoms. The van der Waals surface area contributed by atoms with E-state index in [1.165, 1.54) is 6.33 Å². The van der Waals surface area contributed by atoms with Gasteiger partial charge in [-0.05, 0) is 12.1 Å². The van der Waals surface area contributed by atoms with Crippen molar-refractivity contribution in [3.05, 3.63) is 48.1 Å². The highest BCUT2D eigenvalue weighted by molar-refractivity contribution is 6.30. The molecule has 0 radical (unpaired) electrons. The van der Waals surface area contributed by atoms with Gasteiger partial charge in [-0.1, -0.05) is 23.7 Å². The topological polar surface area (TPSA) is 83.1 Å². The number of imidazole rings is 1. The highest BCUT2D eigenvalue weighted by atomic mass is 35.5. The minimum atomic E-state index is 0.688. The van der Waals surface area contributed by atoms with E-state index in [4.69, 9.17) is 11.6 Å². The Morgan fingerprint density at radius 3 is 2.67 bits per heavy atom. The predicted octanol–water partition coefficient (Wildman–Crippen LogP) is 3.06. The van der Waals surface area contributed by atoms with Crippen LogP contribution in [0, 0.1) is 0 Å². The Balaban J connectivity index is 1.93. The van der Waals surface area contributed by atoms with Gasteiger partial charge in [-0.3, -0.25) is 5.10 Å². The first kappa shape index (κ1) is 12.0. The lowest BCUT2D eigenvalue weighted by atomic mass is 10.1. The number of nitrogens with one attached hydrogen (secondary N) is 2. The molecule has 3 aromatic heterocycles. The Bertz CT molecular complexity index is 909. The molecular formula is C14H9ClN6. The normalized spacial score (nSPS) is 11.1. The average Bonchev–Trinajstić information content (AvgIpc) is 3.16. The van der Waals surface area contributed by atoms with E-state index in [0.717, 1.165) is 22.5 Å². The van der Waals surface area contributed by atoms with Crippen LogP contribution in [0.5, 0.6) is 0 Å². The molecule has 4 rings (SSSR count). The van der Waals surface area contributed by atoms with Gasteiger partial charge in [-0.25, -0.2) is 15.0 Å². The van der Waals surface area contributed by atoms with Crippen LogP contribution in [0.3, 0.4) is 0 Å². The third kappa shape index (κ3) is 1.96. The Morgan fingerprint density at radius 1 is 0.952 bits per heavy atom. The lowest BCUT2D eigenvalue weighted by Crippen LogP contribution is -1.89. The van der Waals surface area contributed by atoms with Crippen molar-refractivity contribution < 1.29 is 0 Å². The third-order valence-corrected chi connectivity index (χ3v) is 3.48. The largest absolute Gasteiger partial charge is 0.329 e. The number of hydrogen-bond donors (Lipinski definition) is 2. The maximum Gasteiger partial charge on any atom is 0.161 e. The number of aromatic nitrogens is 6. The smallest absolute Gasteiger partial charge is 0.161 e. The summed E-state index contributed by atoms with van der Waals surface area (Å²) < 4.78 is 0.